The minimum atomic E-state index is -3.47. The van der Waals surface area contributed by atoms with Gasteiger partial charge in [0.2, 0.25) is 15.9 Å². The minimum absolute atomic E-state index is 0.0703. The molecule has 3 N–H and O–H groups in total. The Hall–Kier alpha value is -1.55. The minimum Gasteiger partial charge on any atom is -0.390 e. The van der Waals surface area contributed by atoms with E-state index in [2.05, 4.69) is 9.88 Å². The van der Waals surface area contributed by atoms with Gasteiger partial charge in [-0.2, -0.15) is 4.31 Å². The lowest BCUT2D eigenvalue weighted by atomic mass is 9.79. The molecule has 210 valence electrons. The van der Waals surface area contributed by atoms with E-state index in [0.29, 0.717) is 12.5 Å². The van der Waals surface area contributed by atoms with Crippen molar-refractivity contribution < 1.29 is 18.3 Å². The number of aliphatic hydroxyl groups excluding tert-OH is 1. The lowest BCUT2D eigenvalue weighted by molar-refractivity contribution is -0.128. The third-order valence-corrected chi connectivity index (χ3v) is 9.60. The van der Waals surface area contributed by atoms with E-state index in [9.17, 15) is 18.3 Å². The van der Waals surface area contributed by atoms with Crippen LogP contribution in [0.2, 0.25) is 0 Å². The lowest BCUT2D eigenvalue weighted by Gasteiger charge is -2.29. The van der Waals surface area contributed by atoms with Crippen molar-refractivity contribution >= 4 is 15.9 Å². The second kappa shape index (κ2) is 14.6. The summed E-state index contributed by atoms with van der Waals surface area (Å²) in [4.78, 5) is 18.7. The summed E-state index contributed by atoms with van der Waals surface area (Å²) < 4.78 is 26.1. The fourth-order valence-electron chi connectivity index (χ4n) is 6.23. The number of amides is 1. The average molecular weight is 537 g/mol. The van der Waals surface area contributed by atoms with Crippen molar-refractivity contribution in [2.45, 2.75) is 96.1 Å². The Labute approximate surface area is 224 Å². The van der Waals surface area contributed by atoms with Crippen molar-refractivity contribution in [1.82, 2.24) is 14.2 Å². The van der Waals surface area contributed by atoms with Crippen molar-refractivity contribution in [2.24, 2.45) is 17.1 Å². The van der Waals surface area contributed by atoms with E-state index in [1.54, 1.807) is 18.5 Å². The van der Waals surface area contributed by atoms with Crippen molar-refractivity contribution in [2.75, 3.05) is 32.4 Å². The predicted octanol–water partition coefficient (Wildman–Crippen LogP) is 3.69. The lowest BCUT2D eigenvalue weighted by Crippen LogP contribution is -2.42. The maximum atomic E-state index is 12.4. The van der Waals surface area contributed by atoms with E-state index in [1.165, 1.54) is 29.8 Å². The highest BCUT2D eigenvalue weighted by Gasteiger charge is 2.42. The Kier molecular flexibility index (Phi) is 11.8. The number of pyridine rings is 1. The van der Waals surface area contributed by atoms with Gasteiger partial charge in [0, 0.05) is 37.4 Å². The smallest absolute Gasteiger partial charge is 0.223 e. The Morgan fingerprint density at radius 1 is 1.14 bits per heavy atom. The SMILES string of the molecule is CS(=O)(=O)N(Cc1cccnc1)CC(O)CN1CCCCCCC2CC[C@@](C(N)=O)(CCCCCC1)C2. The number of nitrogens with zero attached hydrogens (tertiary/aromatic N) is 3. The number of aromatic nitrogens is 1. The zero-order valence-corrected chi connectivity index (χ0v) is 23.5. The molecule has 3 atom stereocenters. The van der Waals surface area contributed by atoms with Gasteiger partial charge in [0.05, 0.1) is 12.4 Å². The van der Waals surface area contributed by atoms with Crippen LogP contribution in [-0.2, 0) is 21.4 Å². The van der Waals surface area contributed by atoms with Crippen molar-refractivity contribution in [3.05, 3.63) is 30.1 Å². The molecule has 1 saturated heterocycles. The highest BCUT2D eigenvalue weighted by Crippen LogP contribution is 2.47. The largest absolute Gasteiger partial charge is 0.390 e. The summed E-state index contributed by atoms with van der Waals surface area (Å²) in [6, 6.07) is 3.63. The van der Waals surface area contributed by atoms with Crippen LogP contribution < -0.4 is 5.73 Å². The van der Waals surface area contributed by atoms with Gasteiger partial charge in [-0.3, -0.25) is 9.78 Å². The highest BCUT2D eigenvalue weighted by molar-refractivity contribution is 7.88. The molecule has 1 aliphatic heterocycles. The second-order valence-corrected chi connectivity index (χ2v) is 13.5. The molecule has 2 heterocycles. The zero-order chi connectivity index (χ0) is 26.7. The molecule has 3 rings (SSSR count). The van der Waals surface area contributed by atoms with E-state index >= 15 is 0 Å². The van der Waals surface area contributed by atoms with Crippen LogP contribution in [0.15, 0.2) is 24.5 Å². The van der Waals surface area contributed by atoms with Crippen LogP contribution in [-0.4, -0.2) is 72.2 Å². The fourth-order valence-corrected chi connectivity index (χ4v) is 7.06. The topological polar surface area (TPSA) is 117 Å². The van der Waals surface area contributed by atoms with Gasteiger partial charge >= 0.3 is 0 Å². The summed E-state index contributed by atoms with van der Waals surface area (Å²) in [5.41, 5.74) is 6.40. The van der Waals surface area contributed by atoms with Gasteiger partial charge in [0.15, 0.2) is 0 Å². The van der Waals surface area contributed by atoms with E-state index in [0.717, 1.165) is 82.9 Å². The summed E-state index contributed by atoms with van der Waals surface area (Å²) >= 11 is 0. The number of hydrogen-bond acceptors (Lipinski definition) is 6. The number of fused-ring (bicyclic) bond motifs is 2. The normalized spacial score (nSPS) is 26.2. The molecule has 2 aliphatic rings. The molecule has 1 saturated carbocycles. The highest BCUT2D eigenvalue weighted by atomic mass is 32.2. The number of nitrogens with two attached hydrogens (primary N) is 1. The third kappa shape index (κ3) is 9.93. The molecular weight excluding hydrogens is 488 g/mol. The first-order valence-corrected chi connectivity index (χ1v) is 16.1. The fraction of sp³-hybridized carbons (Fsp3) is 0.786. The van der Waals surface area contributed by atoms with Crippen LogP contribution in [0.3, 0.4) is 0 Å². The van der Waals surface area contributed by atoms with Crippen LogP contribution in [0, 0.1) is 11.3 Å². The van der Waals surface area contributed by atoms with E-state index < -0.39 is 16.1 Å². The molecule has 2 unspecified atom stereocenters. The first-order chi connectivity index (χ1) is 17.7. The molecule has 2 fully saturated rings. The molecule has 0 aromatic carbocycles. The third-order valence-electron chi connectivity index (χ3n) is 8.38. The second-order valence-electron chi connectivity index (χ2n) is 11.5. The van der Waals surface area contributed by atoms with Crippen LogP contribution in [0.1, 0.15) is 89.0 Å². The number of carbonyl (C=O) groups is 1. The van der Waals surface area contributed by atoms with E-state index in [-0.39, 0.29) is 24.4 Å². The van der Waals surface area contributed by atoms with Crippen molar-refractivity contribution in [3.8, 4) is 0 Å². The standard InChI is InChI=1S/C28H48N4O4S/c1-37(35,36)32(21-25-12-10-16-30-20-25)23-26(33)22-31-17-8-4-2-6-11-24-13-15-28(19-24,27(29)34)14-7-3-5-9-18-31/h10,12,16,20,24,26,33H,2-9,11,13-15,17-19,21-23H2,1H3,(H2,29,34)/t24?,26?,28-/m0/s1. The van der Waals surface area contributed by atoms with Crippen LogP contribution in [0.4, 0.5) is 0 Å². The first-order valence-electron chi connectivity index (χ1n) is 14.2. The van der Waals surface area contributed by atoms with Crippen molar-refractivity contribution in [3.63, 3.8) is 0 Å². The molecule has 1 aromatic heterocycles. The summed E-state index contributed by atoms with van der Waals surface area (Å²) in [6.07, 6.45) is 17.8. The van der Waals surface area contributed by atoms with Gasteiger partial charge in [-0.05, 0) is 69.2 Å². The monoisotopic (exact) mass is 536 g/mol. The molecule has 1 amide bonds. The van der Waals surface area contributed by atoms with Crippen molar-refractivity contribution in [1.29, 1.82) is 0 Å². The predicted molar refractivity (Wildman–Crippen MR) is 147 cm³/mol. The van der Waals surface area contributed by atoms with E-state index in [4.69, 9.17) is 5.73 Å². The number of aliphatic hydroxyl groups is 1. The Morgan fingerprint density at radius 3 is 2.49 bits per heavy atom. The van der Waals surface area contributed by atoms with Gasteiger partial charge in [0.25, 0.3) is 0 Å². The summed E-state index contributed by atoms with van der Waals surface area (Å²) in [6.45, 7) is 2.55. The number of rotatable bonds is 8. The average Bonchev–Trinajstić information content (AvgIpc) is 3.27. The molecule has 9 heteroatoms. The van der Waals surface area contributed by atoms with Crippen LogP contribution in [0.5, 0.6) is 0 Å². The molecule has 0 spiro atoms. The van der Waals surface area contributed by atoms with Gasteiger partial charge in [-0.25, -0.2) is 8.42 Å². The van der Waals surface area contributed by atoms with Gasteiger partial charge < -0.3 is 15.7 Å². The van der Waals surface area contributed by atoms with Gasteiger partial charge in [-0.15, -0.1) is 0 Å². The maximum absolute atomic E-state index is 12.4. The zero-order valence-electron chi connectivity index (χ0n) is 22.7. The van der Waals surface area contributed by atoms with Crippen LogP contribution in [0.25, 0.3) is 0 Å². The molecule has 0 radical (unpaired) electrons. The van der Waals surface area contributed by atoms with Crippen LogP contribution >= 0.6 is 0 Å². The number of hydrogen-bond donors (Lipinski definition) is 2. The quantitative estimate of drug-likeness (QED) is 0.523. The molecule has 37 heavy (non-hydrogen) atoms. The number of carbonyl (C=O) groups excluding carboxylic acids is 1. The molecular formula is C28H48N4O4S. The van der Waals surface area contributed by atoms with Gasteiger partial charge in [-0.1, -0.05) is 51.0 Å². The summed E-state index contributed by atoms with van der Waals surface area (Å²) in [5, 5.41) is 10.9. The Balaban J connectivity index is 1.54. The molecule has 2 bridgehead atoms. The first kappa shape index (κ1) is 30.0. The summed E-state index contributed by atoms with van der Waals surface area (Å²) in [7, 11) is -3.47. The Bertz CT molecular complexity index is 929. The maximum Gasteiger partial charge on any atom is 0.223 e. The van der Waals surface area contributed by atoms with E-state index in [1.807, 2.05) is 6.07 Å². The van der Waals surface area contributed by atoms with Gasteiger partial charge in [0.1, 0.15) is 0 Å². The summed E-state index contributed by atoms with van der Waals surface area (Å²) in [5.74, 6) is 0.541. The number of β-amino-alcohol motifs (C(OH)–C–C–N with tert-alkyl or cyclic N) is 1. The number of primary amides is 1. The molecule has 1 aromatic rings. The Morgan fingerprint density at radius 2 is 1.84 bits per heavy atom. The number of sulfonamides is 1. The molecule has 8 nitrogen and oxygen atoms in total. The molecule has 1 aliphatic carbocycles.